The summed E-state index contributed by atoms with van der Waals surface area (Å²) in [5.74, 6) is 0. The molecule has 0 amide bonds. The summed E-state index contributed by atoms with van der Waals surface area (Å²) in [6.07, 6.45) is 8.97. The molecule has 0 atom stereocenters. The van der Waals surface area contributed by atoms with E-state index in [1.165, 1.54) is 56.4 Å². The summed E-state index contributed by atoms with van der Waals surface area (Å²) < 4.78 is 0. The maximum absolute atomic E-state index is 2.61. The van der Waals surface area contributed by atoms with Crippen LogP contribution in [0.4, 0.5) is 0 Å². The van der Waals surface area contributed by atoms with Crippen molar-refractivity contribution in [2.75, 3.05) is 19.6 Å². The van der Waals surface area contributed by atoms with Gasteiger partial charge in [0.05, 0.1) is 0 Å². The van der Waals surface area contributed by atoms with Crippen LogP contribution >= 0.6 is 0 Å². The lowest BCUT2D eigenvalue weighted by molar-refractivity contribution is 0.335. The van der Waals surface area contributed by atoms with E-state index in [4.69, 9.17) is 0 Å². The Bertz CT molecular complexity index is 413. The average molecular weight is 227 g/mol. The Kier molecular flexibility index (Phi) is 3.28. The van der Waals surface area contributed by atoms with E-state index in [1.807, 2.05) is 0 Å². The highest BCUT2D eigenvalue weighted by atomic mass is 15.1. The minimum Gasteiger partial charge on any atom is -0.303 e. The normalized spacial score (nSPS) is 19.4. The second kappa shape index (κ2) is 5.05. The van der Waals surface area contributed by atoms with Gasteiger partial charge in [-0.25, -0.2) is 0 Å². The van der Waals surface area contributed by atoms with Crippen molar-refractivity contribution < 1.29 is 0 Å². The molecule has 1 nitrogen and oxygen atoms in total. The molecule has 1 aromatic carbocycles. The fourth-order valence-electron chi connectivity index (χ4n) is 3.09. The van der Waals surface area contributed by atoms with E-state index in [-0.39, 0.29) is 0 Å². The molecular weight excluding hydrogens is 206 g/mol. The SMILES string of the molecule is C1=C(CCCN2CCCC2)c2ccccc2C1. The van der Waals surface area contributed by atoms with E-state index in [1.54, 1.807) is 5.57 Å². The highest BCUT2D eigenvalue weighted by molar-refractivity contribution is 5.72. The molecule has 1 aromatic rings. The van der Waals surface area contributed by atoms with Crippen LogP contribution in [-0.4, -0.2) is 24.5 Å². The van der Waals surface area contributed by atoms with Crippen LogP contribution in [-0.2, 0) is 6.42 Å². The lowest BCUT2D eigenvalue weighted by Crippen LogP contribution is -2.20. The smallest absolute Gasteiger partial charge is 0.00156 e. The molecule has 1 fully saturated rings. The summed E-state index contributed by atoms with van der Waals surface area (Å²) in [7, 11) is 0. The molecule has 3 rings (SSSR count). The minimum atomic E-state index is 1.15. The Morgan fingerprint density at radius 1 is 1.06 bits per heavy atom. The van der Waals surface area contributed by atoms with E-state index in [9.17, 15) is 0 Å². The molecule has 0 bridgehead atoms. The number of rotatable bonds is 4. The highest BCUT2D eigenvalue weighted by Gasteiger charge is 2.14. The molecule has 1 aliphatic heterocycles. The van der Waals surface area contributed by atoms with E-state index in [2.05, 4.69) is 35.2 Å². The molecule has 1 aliphatic carbocycles. The van der Waals surface area contributed by atoms with E-state index in [0.717, 1.165) is 6.42 Å². The molecule has 17 heavy (non-hydrogen) atoms. The number of nitrogens with zero attached hydrogens (tertiary/aromatic N) is 1. The standard InChI is InChI=1S/C16H21N/c1-2-8-16-14(6-1)9-10-15(16)7-5-13-17-11-3-4-12-17/h1-2,6,8,10H,3-5,7,9,11-13H2. The van der Waals surface area contributed by atoms with Gasteiger partial charge in [0.1, 0.15) is 0 Å². The third-order valence-electron chi connectivity index (χ3n) is 4.05. The Hall–Kier alpha value is -1.08. The second-order valence-electron chi connectivity index (χ2n) is 5.24. The highest BCUT2D eigenvalue weighted by Crippen LogP contribution is 2.30. The van der Waals surface area contributed by atoms with Crippen molar-refractivity contribution in [1.82, 2.24) is 4.90 Å². The molecule has 0 saturated carbocycles. The van der Waals surface area contributed by atoms with Gasteiger partial charge >= 0.3 is 0 Å². The van der Waals surface area contributed by atoms with Crippen molar-refractivity contribution in [2.45, 2.75) is 32.1 Å². The van der Waals surface area contributed by atoms with Gasteiger partial charge in [0.25, 0.3) is 0 Å². The summed E-state index contributed by atoms with van der Waals surface area (Å²) in [4.78, 5) is 2.61. The maximum atomic E-state index is 2.61. The largest absolute Gasteiger partial charge is 0.303 e. The van der Waals surface area contributed by atoms with Crippen LogP contribution in [0.15, 0.2) is 30.3 Å². The predicted octanol–water partition coefficient (Wildman–Crippen LogP) is 3.50. The molecule has 2 aliphatic rings. The van der Waals surface area contributed by atoms with Crippen molar-refractivity contribution in [3.63, 3.8) is 0 Å². The van der Waals surface area contributed by atoms with Crippen LogP contribution in [0.25, 0.3) is 5.57 Å². The molecule has 1 heterocycles. The van der Waals surface area contributed by atoms with Gasteiger partial charge in [-0.2, -0.15) is 0 Å². The van der Waals surface area contributed by atoms with Crippen molar-refractivity contribution in [3.8, 4) is 0 Å². The molecule has 90 valence electrons. The predicted molar refractivity (Wildman–Crippen MR) is 73.0 cm³/mol. The molecule has 0 radical (unpaired) electrons. The maximum Gasteiger partial charge on any atom is -0.00156 e. The van der Waals surface area contributed by atoms with Crippen LogP contribution in [0.5, 0.6) is 0 Å². The first-order valence-electron chi connectivity index (χ1n) is 6.93. The zero-order valence-corrected chi connectivity index (χ0v) is 10.5. The average Bonchev–Trinajstić information content (AvgIpc) is 2.99. The van der Waals surface area contributed by atoms with Gasteiger partial charge in [-0.15, -0.1) is 0 Å². The third-order valence-corrected chi connectivity index (χ3v) is 4.05. The molecular formula is C16H21N. The van der Waals surface area contributed by atoms with Crippen LogP contribution in [0.2, 0.25) is 0 Å². The quantitative estimate of drug-likeness (QED) is 0.761. The fraction of sp³-hybridized carbons (Fsp3) is 0.500. The van der Waals surface area contributed by atoms with Crippen LogP contribution in [0, 0.1) is 0 Å². The first-order valence-corrected chi connectivity index (χ1v) is 6.93. The number of likely N-dealkylation sites (tertiary alicyclic amines) is 1. The summed E-state index contributed by atoms with van der Waals surface area (Å²) in [6.45, 7) is 3.95. The monoisotopic (exact) mass is 227 g/mol. The van der Waals surface area contributed by atoms with Gasteiger partial charge in [0, 0.05) is 0 Å². The number of fused-ring (bicyclic) bond motifs is 1. The Balaban J connectivity index is 1.53. The van der Waals surface area contributed by atoms with Crippen LogP contribution in [0.1, 0.15) is 36.8 Å². The number of hydrogen-bond donors (Lipinski definition) is 0. The van der Waals surface area contributed by atoms with E-state index >= 15 is 0 Å². The fourth-order valence-corrected chi connectivity index (χ4v) is 3.09. The summed E-state index contributed by atoms with van der Waals surface area (Å²) >= 11 is 0. The van der Waals surface area contributed by atoms with Gasteiger partial charge in [-0.3, -0.25) is 0 Å². The van der Waals surface area contributed by atoms with Crippen molar-refractivity contribution >= 4 is 5.57 Å². The zero-order valence-electron chi connectivity index (χ0n) is 10.5. The lowest BCUT2D eigenvalue weighted by atomic mass is 10.0. The van der Waals surface area contributed by atoms with Gasteiger partial charge in [0.15, 0.2) is 0 Å². The minimum absolute atomic E-state index is 1.15. The molecule has 0 spiro atoms. The number of hydrogen-bond acceptors (Lipinski definition) is 1. The van der Waals surface area contributed by atoms with Gasteiger partial charge in [-0.05, 0) is 68.4 Å². The zero-order chi connectivity index (χ0) is 11.5. The van der Waals surface area contributed by atoms with E-state index in [0.29, 0.717) is 0 Å². The molecule has 1 saturated heterocycles. The van der Waals surface area contributed by atoms with Crippen LogP contribution < -0.4 is 0 Å². The summed E-state index contributed by atoms with van der Waals surface area (Å²) in [5.41, 5.74) is 4.61. The molecule has 0 N–H and O–H groups in total. The third kappa shape index (κ3) is 2.44. The van der Waals surface area contributed by atoms with Gasteiger partial charge < -0.3 is 4.90 Å². The number of benzene rings is 1. The number of allylic oxidation sites excluding steroid dienone is 2. The van der Waals surface area contributed by atoms with Crippen molar-refractivity contribution in [3.05, 3.63) is 41.5 Å². The van der Waals surface area contributed by atoms with Gasteiger partial charge in [0.2, 0.25) is 0 Å². The Labute approximate surface area is 104 Å². The lowest BCUT2D eigenvalue weighted by Gasteiger charge is -2.14. The van der Waals surface area contributed by atoms with Crippen molar-refractivity contribution in [2.24, 2.45) is 0 Å². The van der Waals surface area contributed by atoms with Gasteiger partial charge in [-0.1, -0.05) is 30.3 Å². The first-order chi connectivity index (χ1) is 8.43. The molecule has 0 unspecified atom stereocenters. The topological polar surface area (TPSA) is 3.24 Å². The second-order valence-corrected chi connectivity index (χ2v) is 5.24. The Morgan fingerprint density at radius 3 is 2.76 bits per heavy atom. The van der Waals surface area contributed by atoms with E-state index < -0.39 is 0 Å². The van der Waals surface area contributed by atoms with Crippen molar-refractivity contribution in [1.29, 1.82) is 0 Å². The molecule has 1 heteroatoms. The summed E-state index contributed by atoms with van der Waals surface area (Å²) in [6, 6.07) is 8.86. The van der Waals surface area contributed by atoms with Crippen LogP contribution in [0.3, 0.4) is 0 Å². The summed E-state index contributed by atoms with van der Waals surface area (Å²) in [5, 5.41) is 0. The first kappa shape index (κ1) is 11.0. The Morgan fingerprint density at radius 2 is 1.88 bits per heavy atom. The molecule has 0 aromatic heterocycles.